The molecule has 9 heteroatoms. The van der Waals surface area contributed by atoms with Crippen LogP contribution in [0.5, 0.6) is 5.75 Å². The topological polar surface area (TPSA) is 82.6 Å². The summed E-state index contributed by atoms with van der Waals surface area (Å²) < 4.78 is 13.3. The Hall–Kier alpha value is -3.94. The lowest BCUT2D eigenvalue weighted by Gasteiger charge is -2.29. The van der Waals surface area contributed by atoms with Crippen LogP contribution in [0.3, 0.4) is 0 Å². The van der Waals surface area contributed by atoms with Crippen LogP contribution >= 0.6 is 23.2 Å². The maximum atomic E-state index is 13.2. The van der Waals surface area contributed by atoms with Gasteiger partial charge < -0.3 is 15.2 Å². The fourth-order valence-corrected chi connectivity index (χ4v) is 5.66. The van der Waals surface area contributed by atoms with Gasteiger partial charge >= 0.3 is 6.09 Å². The molecule has 0 bridgehead atoms. The summed E-state index contributed by atoms with van der Waals surface area (Å²) in [5.41, 5.74) is 12.5. The Bertz CT molecular complexity index is 1570. The number of nitrogens with two attached hydrogens (primary N) is 1. The van der Waals surface area contributed by atoms with Crippen LogP contribution in [0.2, 0.25) is 10.0 Å². The van der Waals surface area contributed by atoms with E-state index in [0.29, 0.717) is 46.4 Å². The van der Waals surface area contributed by atoms with Gasteiger partial charge in [0.05, 0.1) is 18.4 Å². The van der Waals surface area contributed by atoms with Crippen LogP contribution in [0, 0.1) is 12.8 Å². The molecule has 6 rings (SSSR count). The van der Waals surface area contributed by atoms with Crippen LogP contribution < -0.4 is 15.4 Å². The number of nitrogens with zero attached hydrogens (tertiary/aromatic N) is 3. The molecular weight excluding hydrogens is 559 g/mol. The number of fused-ring (bicyclic) bond motifs is 3. The molecule has 1 saturated carbocycles. The molecule has 2 heterocycles. The van der Waals surface area contributed by atoms with Crippen LogP contribution in [0.15, 0.2) is 80.1 Å². The summed E-state index contributed by atoms with van der Waals surface area (Å²) in [5, 5.41) is 5.87. The summed E-state index contributed by atoms with van der Waals surface area (Å²) >= 11 is 12.5. The van der Waals surface area contributed by atoms with Gasteiger partial charge in [-0.3, -0.25) is 9.58 Å². The summed E-state index contributed by atoms with van der Waals surface area (Å²) in [5.74, 6) is 1.55. The van der Waals surface area contributed by atoms with Gasteiger partial charge in [-0.25, -0.2) is 4.79 Å². The molecule has 0 saturated heterocycles. The van der Waals surface area contributed by atoms with Crippen molar-refractivity contribution in [3.05, 3.63) is 107 Å². The number of nitrogen functional groups attached to an aromatic ring is 1. The van der Waals surface area contributed by atoms with Crippen LogP contribution in [-0.2, 0) is 11.3 Å². The van der Waals surface area contributed by atoms with Gasteiger partial charge in [-0.15, -0.1) is 13.2 Å². The van der Waals surface area contributed by atoms with Crippen molar-refractivity contribution in [1.29, 1.82) is 0 Å². The summed E-state index contributed by atoms with van der Waals surface area (Å²) in [6.07, 6.45) is 4.56. The highest BCUT2D eigenvalue weighted by molar-refractivity contribution is 6.31. The second kappa shape index (κ2) is 12.3. The van der Waals surface area contributed by atoms with Crippen molar-refractivity contribution in [2.75, 3.05) is 30.4 Å². The fraction of sp³-hybridized carbons (Fsp3) is 0.250. The summed E-state index contributed by atoms with van der Waals surface area (Å²) in [6.45, 7) is 9.45. The lowest BCUT2D eigenvalue weighted by atomic mass is 9.93. The number of anilines is 2. The van der Waals surface area contributed by atoms with E-state index >= 15 is 0 Å². The summed E-state index contributed by atoms with van der Waals surface area (Å²) in [7, 11) is 0. The predicted octanol–water partition coefficient (Wildman–Crippen LogP) is 7.74. The molecular formula is C32H32Cl2N4O3. The fourth-order valence-electron chi connectivity index (χ4n) is 5.32. The first-order valence-corrected chi connectivity index (χ1v) is 14.2. The van der Waals surface area contributed by atoms with E-state index in [2.05, 4.69) is 24.3 Å². The molecule has 2 atom stereocenters. The highest BCUT2D eigenvalue weighted by atomic mass is 35.5. The number of carbonyl (C=O) groups excluding carboxylic acids is 1. The second-order valence-electron chi connectivity index (χ2n) is 10.1. The molecule has 1 aromatic heterocycles. The Morgan fingerprint density at radius 2 is 1.90 bits per heavy atom. The normalized spacial score (nSPS) is 16.6. The minimum atomic E-state index is -0.364. The summed E-state index contributed by atoms with van der Waals surface area (Å²) in [6, 6.07) is 17.0. The first-order chi connectivity index (χ1) is 19.9. The standard InChI is InChI=1S/C30H28Cl2N4O3.C2H4/c1-18-25(31)5-3-7-28(18)38-10-11-39-30(37)36-17-19-13-24(19)29-23(4-2-6-27(29)36)21-14-34-35(16-21)15-20-12-22(33)8-9-26(20)32;1-2/h2-9,12,14,16,19,24H,10-11,13,15,17,33H2,1H3;1-2H2. The highest BCUT2D eigenvalue weighted by Crippen LogP contribution is 2.57. The third kappa shape index (κ3) is 6.06. The van der Waals surface area contributed by atoms with Crippen molar-refractivity contribution >= 4 is 40.7 Å². The Labute approximate surface area is 250 Å². The van der Waals surface area contributed by atoms with Crippen molar-refractivity contribution in [3.8, 4) is 16.9 Å². The van der Waals surface area contributed by atoms with Crippen molar-refractivity contribution in [2.45, 2.75) is 25.8 Å². The average Bonchev–Trinajstić information content (AvgIpc) is 3.63. The number of hydrogen-bond donors (Lipinski definition) is 1. The average molecular weight is 592 g/mol. The van der Waals surface area contributed by atoms with E-state index in [1.54, 1.807) is 17.0 Å². The molecule has 1 aliphatic heterocycles. The number of benzene rings is 3. The molecule has 2 N–H and O–H groups in total. The first-order valence-electron chi connectivity index (χ1n) is 13.4. The molecule has 0 spiro atoms. The van der Waals surface area contributed by atoms with Gasteiger partial charge in [0, 0.05) is 39.6 Å². The van der Waals surface area contributed by atoms with E-state index in [4.69, 9.17) is 38.4 Å². The lowest BCUT2D eigenvalue weighted by molar-refractivity contribution is 0.130. The zero-order valence-electron chi connectivity index (χ0n) is 22.9. The monoisotopic (exact) mass is 590 g/mol. The molecule has 2 unspecified atom stereocenters. The Kier molecular flexibility index (Phi) is 8.57. The minimum absolute atomic E-state index is 0.143. The van der Waals surface area contributed by atoms with Crippen LogP contribution in [0.25, 0.3) is 11.1 Å². The maximum absolute atomic E-state index is 13.2. The molecule has 1 fully saturated rings. The smallest absolute Gasteiger partial charge is 0.414 e. The minimum Gasteiger partial charge on any atom is -0.490 e. The Morgan fingerprint density at radius 1 is 1.10 bits per heavy atom. The van der Waals surface area contributed by atoms with Gasteiger partial charge in [0.2, 0.25) is 0 Å². The number of aromatic nitrogens is 2. The van der Waals surface area contributed by atoms with Gasteiger partial charge in [0.15, 0.2) is 0 Å². The molecule has 0 radical (unpaired) electrons. The van der Waals surface area contributed by atoms with Crippen LogP contribution in [0.1, 0.15) is 29.0 Å². The Balaban J connectivity index is 0.00000165. The summed E-state index contributed by atoms with van der Waals surface area (Å²) in [4.78, 5) is 14.9. The number of hydrogen-bond acceptors (Lipinski definition) is 5. The zero-order chi connectivity index (χ0) is 29.1. The highest BCUT2D eigenvalue weighted by Gasteiger charge is 2.48. The molecule has 1 aliphatic carbocycles. The quantitative estimate of drug-likeness (QED) is 0.135. The molecule has 212 valence electrons. The van der Waals surface area contributed by atoms with E-state index in [0.717, 1.165) is 34.4 Å². The number of rotatable bonds is 7. The van der Waals surface area contributed by atoms with Gasteiger partial charge in [-0.1, -0.05) is 41.4 Å². The van der Waals surface area contributed by atoms with Gasteiger partial charge in [-0.05, 0) is 78.3 Å². The molecule has 1 amide bonds. The molecule has 7 nitrogen and oxygen atoms in total. The first kappa shape index (κ1) is 28.6. The second-order valence-corrected chi connectivity index (χ2v) is 10.9. The predicted molar refractivity (Wildman–Crippen MR) is 165 cm³/mol. The van der Waals surface area contributed by atoms with Crippen molar-refractivity contribution in [2.24, 2.45) is 5.92 Å². The van der Waals surface area contributed by atoms with Gasteiger partial charge in [-0.2, -0.15) is 5.10 Å². The molecule has 41 heavy (non-hydrogen) atoms. The third-order valence-corrected chi connectivity index (χ3v) is 8.21. The van der Waals surface area contributed by atoms with Crippen molar-refractivity contribution in [3.63, 3.8) is 0 Å². The van der Waals surface area contributed by atoms with E-state index in [-0.39, 0.29) is 19.3 Å². The van der Waals surface area contributed by atoms with Crippen LogP contribution in [-0.4, -0.2) is 35.6 Å². The lowest BCUT2D eigenvalue weighted by Crippen LogP contribution is -2.37. The van der Waals surface area contributed by atoms with E-state index < -0.39 is 0 Å². The van der Waals surface area contributed by atoms with Gasteiger partial charge in [0.25, 0.3) is 0 Å². The van der Waals surface area contributed by atoms with Crippen LogP contribution in [0.4, 0.5) is 16.2 Å². The zero-order valence-corrected chi connectivity index (χ0v) is 24.4. The van der Waals surface area contributed by atoms with E-state index in [1.807, 2.05) is 60.4 Å². The Morgan fingerprint density at radius 3 is 2.73 bits per heavy atom. The molecule has 3 aromatic carbocycles. The maximum Gasteiger partial charge on any atom is 0.414 e. The third-order valence-electron chi connectivity index (χ3n) is 7.44. The van der Waals surface area contributed by atoms with Gasteiger partial charge in [0.1, 0.15) is 19.0 Å². The number of halogens is 2. The molecule has 2 aliphatic rings. The largest absolute Gasteiger partial charge is 0.490 e. The van der Waals surface area contributed by atoms with E-state index in [1.165, 1.54) is 5.56 Å². The number of carbonyl (C=O) groups is 1. The van der Waals surface area contributed by atoms with Crippen molar-refractivity contribution in [1.82, 2.24) is 9.78 Å². The number of ether oxygens (including phenoxy) is 2. The molecule has 4 aromatic rings. The van der Waals surface area contributed by atoms with Crippen molar-refractivity contribution < 1.29 is 14.3 Å². The number of amides is 1. The van der Waals surface area contributed by atoms with E-state index in [9.17, 15) is 4.79 Å². The SMILES string of the molecule is C=C.Cc1c(Cl)cccc1OCCOC(=O)N1CC2CC2c2c(-c3cnn(Cc4cc(N)ccc4Cl)c3)cccc21.